The fourth-order valence-electron chi connectivity index (χ4n) is 1.97. The highest BCUT2D eigenvalue weighted by atomic mass is 32.2. The molecule has 1 aromatic carbocycles. The zero-order chi connectivity index (χ0) is 15.9. The smallest absolute Gasteiger partial charge is 0.212 e. The zero-order valence-electron chi connectivity index (χ0n) is 12.3. The summed E-state index contributed by atoms with van der Waals surface area (Å²) in [5.41, 5.74) is 0.858. The number of rotatable bonds is 7. The van der Waals surface area contributed by atoms with E-state index in [0.717, 1.165) is 0 Å². The summed E-state index contributed by atoms with van der Waals surface area (Å²) >= 11 is 0. The maximum Gasteiger partial charge on any atom is 0.218 e. The van der Waals surface area contributed by atoms with Crippen molar-refractivity contribution in [1.82, 2.24) is 4.31 Å². The van der Waals surface area contributed by atoms with Crippen LogP contribution in [0, 0.1) is 28.6 Å². The minimum Gasteiger partial charge on any atom is -0.212 e. The number of nitrogens with zero attached hydrogens (tertiary/aromatic N) is 3. The maximum absolute atomic E-state index is 12.5. The third kappa shape index (κ3) is 5.18. The van der Waals surface area contributed by atoms with E-state index < -0.39 is 10.0 Å². The standard InChI is InChI=1S/C15H19N3O2S/c1-13(2)11-18(9-5-8-16)21(19,20)12-15-7-4-3-6-14(15)10-17/h3-4,6-7,13H,5,9,11-12H2,1-2H3. The Bertz CT molecular complexity index is 654. The van der Waals surface area contributed by atoms with Gasteiger partial charge < -0.3 is 0 Å². The summed E-state index contributed by atoms with van der Waals surface area (Å²) in [6.45, 7) is 4.42. The first kappa shape index (κ1) is 17.2. The molecule has 0 atom stereocenters. The van der Waals surface area contributed by atoms with Crippen LogP contribution in [0.1, 0.15) is 31.4 Å². The van der Waals surface area contributed by atoms with Gasteiger partial charge in [0.25, 0.3) is 0 Å². The Balaban J connectivity index is 3.01. The maximum atomic E-state index is 12.5. The topological polar surface area (TPSA) is 85.0 Å². The Morgan fingerprint density at radius 3 is 2.48 bits per heavy atom. The Kier molecular flexibility index (Phi) is 6.36. The van der Waals surface area contributed by atoms with Crippen molar-refractivity contribution in [3.63, 3.8) is 0 Å². The third-order valence-electron chi connectivity index (χ3n) is 2.91. The van der Waals surface area contributed by atoms with Gasteiger partial charge in [0.15, 0.2) is 0 Å². The van der Waals surface area contributed by atoms with E-state index in [1.807, 2.05) is 26.0 Å². The lowest BCUT2D eigenvalue weighted by atomic mass is 10.1. The average molecular weight is 305 g/mol. The molecule has 0 aromatic heterocycles. The molecule has 21 heavy (non-hydrogen) atoms. The predicted octanol–water partition coefficient (Wildman–Crippen LogP) is 2.26. The molecule has 0 unspecified atom stereocenters. The molecule has 0 aliphatic heterocycles. The van der Waals surface area contributed by atoms with Crippen molar-refractivity contribution >= 4 is 10.0 Å². The summed E-state index contributed by atoms with van der Waals surface area (Å²) in [7, 11) is -3.54. The van der Waals surface area contributed by atoms with E-state index in [1.165, 1.54) is 4.31 Å². The molecule has 0 saturated heterocycles. The molecule has 0 aliphatic rings. The van der Waals surface area contributed by atoms with Gasteiger partial charge in [-0.15, -0.1) is 0 Å². The molecular weight excluding hydrogens is 286 g/mol. The van der Waals surface area contributed by atoms with Gasteiger partial charge in [-0.05, 0) is 17.5 Å². The first-order valence-electron chi connectivity index (χ1n) is 6.73. The average Bonchev–Trinajstić information content (AvgIpc) is 2.43. The van der Waals surface area contributed by atoms with E-state index >= 15 is 0 Å². The fourth-order valence-corrected chi connectivity index (χ4v) is 3.69. The first-order chi connectivity index (χ1) is 9.90. The molecule has 0 saturated carbocycles. The van der Waals surface area contributed by atoms with Crippen molar-refractivity contribution in [2.75, 3.05) is 13.1 Å². The van der Waals surface area contributed by atoms with E-state index in [0.29, 0.717) is 17.7 Å². The fraction of sp³-hybridized carbons (Fsp3) is 0.467. The normalized spacial score (nSPS) is 11.3. The van der Waals surface area contributed by atoms with E-state index in [-0.39, 0.29) is 24.6 Å². The summed E-state index contributed by atoms with van der Waals surface area (Å²) in [5, 5.41) is 17.7. The highest BCUT2D eigenvalue weighted by molar-refractivity contribution is 7.88. The van der Waals surface area contributed by atoms with E-state index in [9.17, 15) is 8.42 Å². The third-order valence-corrected chi connectivity index (χ3v) is 4.71. The van der Waals surface area contributed by atoms with Gasteiger partial charge in [-0.3, -0.25) is 0 Å². The molecular formula is C15H19N3O2S. The molecule has 0 fully saturated rings. The minimum atomic E-state index is -3.54. The van der Waals surface area contributed by atoms with Gasteiger partial charge in [0.1, 0.15) is 0 Å². The van der Waals surface area contributed by atoms with Gasteiger partial charge in [-0.25, -0.2) is 12.7 Å². The Morgan fingerprint density at radius 2 is 1.90 bits per heavy atom. The van der Waals surface area contributed by atoms with Crippen LogP contribution in [-0.4, -0.2) is 25.8 Å². The molecule has 112 valence electrons. The SMILES string of the molecule is CC(C)CN(CCC#N)S(=O)(=O)Cc1ccccc1C#N. The van der Waals surface area contributed by atoms with Crippen LogP contribution in [0.15, 0.2) is 24.3 Å². The molecule has 0 radical (unpaired) electrons. The number of sulfonamides is 1. The number of hydrogen-bond acceptors (Lipinski definition) is 4. The minimum absolute atomic E-state index is 0.159. The summed E-state index contributed by atoms with van der Waals surface area (Å²) < 4.78 is 26.4. The summed E-state index contributed by atoms with van der Waals surface area (Å²) in [4.78, 5) is 0. The quantitative estimate of drug-likeness (QED) is 0.773. The molecule has 0 amide bonds. The van der Waals surface area contributed by atoms with Gasteiger partial charge in [-0.1, -0.05) is 32.0 Å². The van der Waals surface area contributed by atoms with Crippen LogP contribution in [0.2, 0.25) is 0 Å². The molecule has 6 heteroatoms. The predicted molar refractivity (Wildman–Crippen MR) is 80.4 cm³/mol. The molecule has 0 N–H and O–H groups in total. The van der Waals surface area contributed by atoms with E-state index in [2.05, 4.69) is 0 Å². The summed E-state index contributed by atoms with van der Waals surface area (Å²) in [6.07, 6.45) is 0.159. The van der Waals surface area contributed by atoms with Crippen LogP contribution in [0.25, 0.3) is 0 Å². The zero-order valence-corrected chi connectivity index (χ0v) is 13.1. The van der Waals surface area contributed by atoms with Crippen LogP contribution in [-0.2, 0) is 15.8 Å². The number of hydrogen-bond donors (Lipinski definition) is 0. The highest BCUT2D eigenvalue weighted by Gasteiger charge is 2.24. The molecule has 0 bridgehead atoms. The number of benzene rings is 1. The second kappa shape index (κ2) is 7.78. The van der Waals surface area contributed by atoms with Crippen molar-refractivity contribution in [2.45, 2.75) is 26.0 Å². The second-order valence-corrected chi connectivity index (χ2v) is 7.15. The lowest BCUT2D eigenvalue weighted by Crippen LogP contribution is -2.36. The Morgan fingerprint density at radius 1 is 1.24 bits per heavy atom. The molecule has 0 heterocycles. The van der Waals surface area contributed by atoms with Crippen LogP contribution in [0.4, 0.5) is 0 Å². The van der Waals surface area contributed by atoms with Crippen LogP contribution in [0.3, 0.4) is 0 Å². The molecule has 5 nitrogen and oxygen atoms in total. The van der Waals surface area contributed by atoms with Gasteiger partial charge in [-0.2, -0.15) is 10.5 Å². The number of nitriles is 2. The summed E-state index contributed by atoms with van der Waals surface area (Å²) in [5.74, 6) is -0.0424. The van der Waals surface area contributed by atoms with Crippen molar-refractivity contribution in [1.29, 1.82) is 10.5 Å². The van der Waals surface area contributed by atoms with Crippen molar-refractivity contribution in [3.8, 4) is 12.1 Å². The van der Waals surface area contributed by atoms with Crippen LogP contribution in [0.5, 0.6) is 0 Å². The largest absolute Gasteiger partial charge is 0.218 e. The van der Waals surface area contributed by atoms with Crippen LogP contribution < -0.4 is 0 Å². The van der Waals surface area contributed by atoms with Crippen LogP contribution >= 0.6 is 0 Å². The van der Waals surface area contributed by atoms with E-state index in [1.54, 1.807) is 24.3 Å². The Hall–Kier alpha value is -1.89. The summed E-state index contributed by atoms with van der Waals surface area (Å²) in [6, 6.07) is 10.6. The lowest BCUT2D eigenvalue weighted by molar-refractivity contribution is 0.372. The Labute approximate surface area is 126 Å². The van der Waals surface area contributed by atoms with Crippen molar-refractivity contribution < 1.29 is 8.42 Å². The van der Waals surface area contributed by atoms with Gasteiger partial charge in [0.05, 0.1) is 23.5 Å². The van der Waals surface area contributed by atoms with Gasteiger partial charge >= 0.3 is 0 Å². The lowest BCUT2D eigenvalue weighted by Gasteiger charge is -2.23. The van der Waals surface area contributed by atoms with Crippen molar-refractivity contribution in [3.05, 3.63) is 35.4 Å². The molecule has 0 aliphatic carbocycles. The first-order valence-corrected chi connectivity index (χ1v) is 8.34. The molecule has 1 rings (SSSR count). The monoisotopic (exact) mass is 305 g/mol. The van der Waals surface area contributed by atoms with Crippen molar-refractivity contribution in [2.24, 2.45) is 5.92 Å². The molecule has 0 spiro atoms. The van der Waals surface area contributed by atoms with Gasteiger partial charge in [0.2, 0.25) is 10.0 Å². The second-order valence-electron chi connectivity index (χ2n) is 5.19. The molecule has 1 aromatic rings. The van der Waals surface area contributed by atoms with Gasteiger partial charge in [0, 0.05) is 19.5 Å². The highest BCUT2D eigenvalue weighted by Crippen LogP contribution is 2.16. The van der Waals surface area contributed by atoms with E-state index in [4.69, 9.17) is 10.5 Å².